The van der Waals surface area contributed by atoms with E-state index in [1.807, 2.05) is 25.1 Å². The Labute approximate surface area is 124 Å². The minimum atomic E-state index is 0.121. The number of thiol groups is 1. The molecule has 0 aromatic heterocycles. The molecule has 0 bridgehead atoms. The molecule has 2 aromatic rings. The van der Waals surface area contributed by atoms with Gasteiger partial charge >= 0.3 is 0 Å². The van der Waals surface area contributed by atoms with Gasteiger partial charge in [0.1, 0.15) is 23.5 Å². The molecule has 0 saturated heterocycles. The predicted molar refractivity (Wildman–Crippen MR) is 88.6 cm³/mol. The molecule has 0 spiro atoms. The minimum absolute atomic E-state index is 0.121. The lowest BCUT2D eigenvalue weighted by atomic mass is 9.66. The third-order valence-corrected chi connectivity index (χ3v) is 4.19. The summed E-state index contributed by atoms with van der Waals surface area (Å²) in [6, 6.07) is 10.1. The Balaban J connectivity index is 2.64. The van der Waals surface area contributed by atoms with E-state index in [0.29, 0.717) is 16.4 Å². The summed E-state index contributed by atoms with van der Waals surface area (Å²) in [6.07, 6.45) is 0. The zero-order valence-electron chi connectivity index (χ0n) is 11.1. The van der Waals surface area contributed by atoms with Crippen LogP contribution in [0.2, 0.25) is 0 Å². The molecule has 0 aliphatic heterocycles. The maximum absolute atomic E-state index is 6.14. The van der Waals surface area contributed by atoms with Crippen LogP contribution in [0.1, 0.15) is 29.5 Å². The van der Waals surface area contributed by atoms with Crippen LogP contribution in [0.3, 0.4) is 0 Å². The van der Waals surface area contributed by atoms with Gasteiger partial charge in [-0.3, -0.25) is 0 Å². The van der Waals surface area contributed by atoms with Crippen molar-refractivity contribution in [1.82, 2.24) is 0 Å². The molecule has 88 valence electrons. The second-order valence-corrected chi connectivity index (χ2v) is 5.21. The molecule has 1 atom stereocenters. The van der Waals surface area contributed by atoms with Gasteiger partial charge in [-0.25, -0.2) is 0 Å². The second kappa shape index (κ2) is 5.54. The van der Waals surface area contributed by atoms with Gasteiger partial charge in [-0.15, -0.1) is 23.6 Å². The topological polar surface area (TPSA) is 0 Å². The van der Waals surface area contributed by atoms with Gasteiger partial charge in [-0.2, -0.15) is 0 Å². The van der Waals surface area contributed by atoms with E-state index in [0.717, 1.165) is 16.0 Å². The SMILES string of the molecule is [B]c1c([B])c(C)c(S)c(C(C)c2ccccc2)c1[B]. The van der Waals surface area contributed by atoms with E-state index in [-0.39, 0.29) is 5.92 Å². The highest BCUT2D eigenvalue weighted by Gasteiger charge is 2.17. The zero-order chi connectivity index (χ0) is 14.2. The molecular formula is C15H13B3S. The second-order valence-electron chi connectivity index (χ2n) is 4.76. The van der Waals surface area contributed by atoms with Crippen LogP contribution in [0.4, 0.5) is 0 Å². The van der Waals surface area contributed by atoms with Gasteiger partial charge in [0.2, 0.25) is 0 Å². The Morgan fingerprint density at radius 2 is 1.53 bits per heavy atom. The van der Waals surface area contributed by atoms with Crippen LogP contribution >= 0.6 is 12.6 Å². The van der Waals surface area contributed by atoms with E-state index in [2.05, 4.69) is 31.7 Å². The van der Waals surface area contributed by atoms with Crippen molar-refractivity contribution in [2.75, 3.05) is 0 Å². The van der Waals surface area contributed by atoms with Crippen LogP contribution < -0.4 is 16.4 Å². The number of hydrogen-bond donors (Lipinski definition) is 1. The lowest BCUT2D eigenvalue weighted by molar-refractivity contribution is 0.900. The van der Waals surface area contributed by atoms with Crippen LogP contribution in [-0.4, -0.2) is 23.5 Å². The summed E-state index contributed by atoms with van der Waals surface area (Å²) in [7, 11) is 18.1. The van der Waals surface area contributed by atoms with E-state index >= 15 is 0 Å². The van der Waals surface area contributed by atoms with Crippen LogP contribution in [-0.2, 0) is 0 Å². The molecule has 0 nitrogen and oxygen atoms in total. The van der Waals surface area contributed by atoms with Crippen molar-refractivity contribution in [2.24, 2.45) is 0 Å². The predicted octanol–water partition coefficient (Wildman–Crippen LogP) is 0.817. The standard InChI is InChI=1S/C15H13B3S/c1-8(10-6-4-3-5-7-10)11-13(17)14(18)12(16)9(2)15(11)19/h3-8,19H,1-2H3. The fourth-order valence-electron chi connectivity index (χ4n) is 2.30. The Kier molecular flexibility index (Phi) is 4.20. The molecule has 2 aromatic carbocycles. The van der Waals surface area contributed by atoms with Gasteiger partial charge < -0.3 is 0 Å². The first-order valence-corrected chi connectivity index (χ1v) is 6.60. The maximum atomic E-state index is 6.14. The van der Waals surface area contributed by atoms with Gasteiger partial charge in [0.15, 0.2) is 0 Å². The smallest absolute Gasteiger partial charge is 0.113 e. The molecule has 6 radical (unpaired) electrons. The lowest BCUT2D eigenvalue weighted by Crippen LogP contribution is -2.43. The Morgan fingerprint density at radius 3 is 2.11 bits per heavy atom. The fourth-order valence-corrected chi connectivity index (χ4v) is 2.73. The largest absolute Gasteiger partial charge is 0.143 e. The van der Waals surface area contributed by atoms with Gasteiger partial charge in [-0.1, -0.05) is 42.7 Å². The molecule has 0 N–H and O–H groups in total. The molecule has 0 saturated carbocycles. The third-order valence-electron chi connectivity index (χ3n) is 3.62. The van der Waals surface area contributed by atoms with Gasteiger partial charge in [0.05, 0.1) is 0 Å². The van der Waals surface area contributed by atoms with Crippen LogP contribution in [0.25, 0.3) is 0 Å². The molecule has 0 amide bonds. The zero-order valence-corrected chi connectivity index (χ0v) is 12.0. The van der Waals surface area contributed by atoms with Crippen molar-refractivity contribution < 1.29 is 0 Å². The van der Waals surface area contributed by atoms with E-state index < -0.39 is 0 Å². The first-order chi connectivity index (χ1) is 8.95. The molecule has 0 aliphatic rings. The molecule has 0 heterocycles. The number of benzene rings is 2. The lowest BCUT2D eigenvalue weighted by Gasteiger charge is -2.24. The number of rotatable bonds is 2. The van der Waals surface area contributed by atoms with Crippen molar-refractivity contribution in [1.29, 1.82) is 0 Å². The first-order valence-electron chi connectivity index (χ1n) is 6.16. The summed E-state index contributed by atoms with van der Waals surface area (Å²) >= 11 is 4.57. The van der Waals surface area contributed by atoms with Crippen molar-refractivity contribution in [3.63, 3.8) is 0 Å². The maximum Gasteiger partial charge on any atom is 0.113 e. The molecule has 0 aliphatic carbocycles. The number of hydrogen-bond acceptors (Lipinski definition) is 1. The summed E-state index contributed by atoms with van der Waals surface area (Å²) in [5.74, 6) is 0.121. The van der Waals surface area contributed by atoms with E-state index in [1.165, 1.54) is 5.56 Å². The van der Waals surface area contributed by atoms with Gasteiger partial charge in [0.25, 0.3) is 0 Å². The quantitative estimate of drug-likeness (QED) is 0.598. The first kappa shape index (κ1) is 14.4. The monoisotopic (exact) mass is 258 g/mol. The molecule has 4 heteroatoms. The van der Waals surface area contributed by atoms with E-state index in [4.69, 9.17) is 23.5 Å². The highest BCUT2D eigenvalue weighted by Crippen LogP contribution is 2.28. The average Bonchev–Trinajstić information content (AvgIpc) is 2.44. The van der Waals surface area contributed by atoms with Crippen LogP contribution in [0.15, 0.2) is 35.2 Å². The molecule has 0 fully saturated rings. The van der Waals surface area contributed by atoms with Crippen molar-refractivity contribution in [3.8, 4) is 0 Å². The highest BCUT2D eigenvalue weighted by molar-refractivity contribution is 7.80. The van der Waals surface area contributed by atoms with Crippen molar-refractivity contribution in [3.05, 3.63) is 47.0 Å². The fraction of sp³-hybridized carbons (Fsp3) is 0.200. The molecule has 19 heavy (non-hydrogen) atoms. The van der Waals surface area contributed by atoms with Gasteiger partial charge in [-0.05, 0) is 23.6 Å². The molecule has 2 rings (SSSR count). The summed E-state index contributed by atoms with van der Waals surface area (Å²) < 4.78 is 0. The third kappa shape index (κ3) is 2.51. The summed E-state index contributed by atoms with van der Waals surface area (Å²) in [6.45, 7) is 4.00. The Morgan fingerprint density at radius 1 is 0.947 bits per heavy atom. The van der Waals surface area contributed by atoms with Crippen molar-refractivity contribution in [2.45, 2.75) is 24.7 Å². The summed E-state index contributed by atoms with van der Waals surface area (Å²) in [5, 5.41) is 0. The molecular weight excluding hydrogens is 245 g/mol. The highest BCUT2D eigenvalue weighted by atomic mass is 32.1. The van der Waals surface area contributed by atoms with Crippen molar-refractivity contribution >= 4 is 52.6 Å². The Bertz CT molecular complexity index is 580. The minimum Gasteiger partial charge on any atom is -0.143 e. The molecule has 1 unspecified atom stereocenters. The van der Waals surface area contributed by atoms with Crippen LogP contribution in [0, 0.1) is 6.92 Å². The van der Waals surface area contributed by atoms with Gasteiger partial charge in [0, 0.05) is 10.8 Å². The van der Waals surface area contributed by atoms with E-state index in [9.17, 15) is 0 Å². The Hall–Kier alpha value is -1.02. The van der Waals surface area contributed by atoms with Crippen LogP contribution in [0.5, 0.6) is 0 Å². The average molecular weight is 258 g/mol. The summed E-state index contributed by atoms with van der Waals surface area (Å²) in [5.41, 5.74) is 4.50. The van der Waals surface area contributed by atoms with E-state index in [1.54, 1.807) is 0 Å². The normalized spacial score (nSPS) is 12.4. The summed E-state index contributed by atoms with van der Waals surface area (Å²) in [4.78, 5) is 0.820.